The lowest BCUT2D eigenvalue weighted by Gasteiger charge is -2.64. The standard InChI is InChI=1S/C87H72/c1-7-32-72-76(60-37-15-10-16-38-60)79-66(8-2)78(62-41-19-12-20-42-62)84-82(81(79)80(77(72)61-39-17-11-18-40-61)70-51-28-27-48-67(70)57-33-13-9-14-34-57)83(71-52-29-45-58-35-23-25-49-68(58)71)85(3,4)87(6,75-54-30-46-59-36-24-26-50-69(59)75)86(84,5)74-53-31-47-65-55-63-43-21-22-44-64(63)56-73(65)74/h9-31,33-56,83H,7-8,32H2,1-6H3. The highest BCUT2D eigenvalue weighted by Crippen LogP contribution is 2.73. The smallest absolute Gasteiger partial charge is 0.0289 e. The van der Waals surface area contributed by atoms with Crippen LogP contribution >= 0.6 is 0 Å². The summed E-state index contributed by atoms with van der Waals surface area (Å²) in [6, 6.07) is 109. The van der Waals surface area contributed by atoms with E-state index in [9.17, 15) is 0 Å². The van der Waals surface area contributed by atoms with E-state index in [1.807, 2.05) is 0 Å². The Balaban J connectivity index is 1.32. The maximum absolute atomic E-state index is 2.70. The third-order valence-electron chi connectivity index (χ3n) is 20.9. The van der Waals surface area contributed by atoms with Crippen molar-refractivity contribution >= 4 is 53.9 Å². The number of hydrogen-bond donors (Lipinski definition) is 0. The molecule has 3 unspecified atom stereocenters. The summed E-state index contributed by atoms with van der Waals surface area (Å²) >= 11 is 0. The van der Waals surface area contributed by atoms with E-state index in [0.717, 1.165) is 19.3 Å². The Kier molecular flexibility index (Phi) is 13.3. The van der Waals surface area contributed by atoms with Gasteiger partial charge in [0.25, 0.3) is 0 Å². The van der Waals surface area contributed by atoms with Gasteiger partial charge >= 0.3 is 0 Å². The Morgan fingerprint density at radius 1 is 0.333 bits per heavy atom. The van der Waals surface area contributed by atoms with E-state index in [1.165, 1.54) is 148 Å². The number of hydrogen-bond acceptors (Lipinski definition) is 0. The van der Waals surface area contributed by atoms with Crippen molar-refractivity contribution in [2.75, 3.05) is 0 Å². The Morgan fingerprint density at radius 2 is 0.805 bits per heavy atom. The third kappa shape index (κ3) is 8.17. The molecule has 0 saturated heterocycles. The van der Waals surface area contributed by atoms with Crippen LogP contribution in [0.2, 0.25) is 0 Å². The topological polar surface area (TPSA) is 0 Å². The first-order valence-electron chi connectivity index (χ1n) is 31.6. The maximum atomic E-state index is 2.70. The Morgan fingerprint density at radius 3 is 1.43 bits per heavy atom. The highest BCUT2D eigenvalue weighted by atomic mass is 14.7. The molecule has 1 aliphatic rings. The molecule has 0 N–H and O–H groups in total. The molecule has 0 aliphatic heterocycles. The van der Waals surface area contributed by atoms with Gasteiger partial charge in [0, 0.05) is 16.7 Å². The molecule has 0 bridgehead atoms. The fraction of sp³-hybridized carbons (Fsp3) is 0.149. The minimum Gasteiger partial charge on any atom is -0.0651 e. The molecule has 0 spiro atoms. The average Bonchev–Trinajstić information content (AvgIpc) is 0.655. The van der Waals surface area contributed by atoms with E-state index < -0.39 is 16.2 Å². The second-order valence-corrected chi connectivity index (χ2v) is 25.3. The molecule has 420 valence electrons. The summed E-state index contributed by atoms with van der Waals surface area (Å²) in [5, 5.41) is 12.8. The number of fused-ring (bicyclic) bond motifs is 7. The van der Waals surface area contributed by atoms with Gasteiger partial charge in [0.05, 0.1) is 0 Å². The van der Waals surface area contributed by atoms with Gasteiger partial charge in [-0.25, -0.2) is 0 Å². The van der Waals surface area contributed by atoms with E-state index in [0.29, 0.717) is 0 Å². The van der Waals surface area contributed by atoms with Crippen molar-refractivity contribution in [3.05, 3.63) is 324 Å². The molecule has 0 amide bonds. The molecule has 0 fully saturated rings. The zero-order chi connectivity index (χ0) is 59.0. The highest BCUT2D eigenvalue weighted by molar-refractivity contribution is 6.20. The van der Waals surface area contributed by atoms with Gasteiger partial charge in [-0.3, -0.25) is 0 Å². The van der Waals surface area contributed by atoms with E-state index in [-0.39, 0.29) is 5.92 Å². The van der Waals surface area contributed by atoms with E-state index >= 15 is 0 Å². The highest BCUT2D eigenvalue weighted by Gasteiger charge is 2.65. The van der Waals surface area contributed by atoms with Crippen LogP contribution in [0.15, 0.2) is 285 Å². The van der Waals surface area contributed by atoms with Crippen LogP contribution in [0.5, 0.6) is 0 Å². The molecule has 14 aromatic rings. The lowest BCUT2D eigenvalue weighted by Crippen LogP contribution is -2.61. The van der Waals surface area contributed by atoms with Crippen molar-refractivity contribution < 1.29 is 0 Å². The minimum absolute atomic E-state index is 0.186. The number of benzene rings is 14. The van der Waals surface area contributed by atoms with Crippen LogP contribution in [0.25, 0.3) is 109 Å². The van der Waals surface area contributed by atoms with Crippen LogP contribution in [0.1, 0.15) is 92.8 Å². The van der Waals surface area contributed by atoms with Gasteiger partial charge < -0.3 is 0 Å². The van der Waals surface area contributed by atoms with Crippen LogP contribution in [-0.4, -0.2) is 0 Å². The molecule has 0 heterocycles. The quantitative estimate of drug-likeness (QED) is 0.113. The van der Waals surface area contributed by atoms with Gasteiger partial charge in [-0.1, -0.05) is 321 Å². The van der Waals surface area contributed by atoms with E-state index in [2.05, 4.69) is 327 Å². The Bertz CT molecular complexity index is 4940. The average molecular weight is 1120 g/mol. The van der Waals surface area contributed by atoms with Crippen molar-refractivity contribution in [2.24, 2.45) is 5.41 Å². The van der Waals surface area contributed by atoms with Crippen LogP contribution < -0.4 is 0 Å². The van der Waals surface area contributed by atoms with Crippen LogP contribution in [0.3, 0.4) is 0 Å². The molecule has 87 heavy (non-hydrogen) atoms. The van der Waals surface area contributed by atoms with Gasteiger partial charge in [-0.2, -0.15) is 0 Å². The lowest BCUT2D eigenvalue weighted by molar-refractivity contribution is 0.0735. The molecule has 1 aliphatic carbocycles. The van der Waals surface area contributed by atoms with Gasteiger partial charge in [-0.05, 0) is 179 Å². The molecular weight excluding hydrogens is 1040 g/mol. The molecule has 0 heteroatoms. The monoisotopic (exact) mass is 1120 g/mol. The summed E-state index contributed by atoms with van der Waals surface area (Å²) < 4.78 is 0. The normalized spacial score (nSPS) is 17.3. The molecule has 3 atom stereocenters. The maximum Gasteiger partial charge on any atom is 0.0289 e. The summed E-state index contributed by atoms with van der Waals surface area (Å²) in [5.74, 6) is -0.186. The molecule has 0 nitrogen and oxygen atoms in total. The Labute approximate surface area is 513 Å². The predicted octanol–water partition coefficient (Wildman–Crippen LogP) is 23.7. The predicted molar refractivity (Wildman–Crippen MR) is 373 cm³/mol. The second kappa shape index (κ2) is 21.4. The lowest BCUT2D eigenvalue weighted by atomic mass is 9.37. The minimum atomic E-state index is -0.763. The van der Waals surface area contributed by atoms with Crippen molar-refractivity contribution in [3.8, 4) is 55.6 Å². The third-order valence-corrected chi connectivity index (χ3v) is 20.9. The van der Waals surface area contributed by atoms with Crippen molar-refractivity contribution in [1.29, 1.82) is 0 Å². The largest absolute Gasteiger partial charge is 0.0651 e. The molecular formula is C87H72. The SMILES string of the molecule is CCCc1c(-c2ccccc2)c(-c2ccccc2-c2ccccc2)c2c3c(c(-c4ccccc4)c(CC)c2c1-c1ccccc1)C(C)(c1cccc2cc4ccccc4cc12)C(C)(c1cccc2ccccc12)C(C)(C)C3c1cccc2ccccc12. The first-order chi connectivity index (χ1) is 42.7. The van der Waals surface area contributed by atoms with E-state index in [1.54, 1.807) is 0 Å². The molecule has 14 aromatic carbocycles. The zero-order valence-electron chi connectivity index (χ0n) is 50.8. The fourth-order valence-electron chi connectivity index (χ4n) is 16.9. The van der Waals surface area contributed by atoms with Gasteiger partial charge in [0.1, 0.15) is 0 Å². The first-order valence-corrected chi connectivity index (χ1v) is 31.6. The fourth-order valence-corrected chi connectivity index (χ4v) is 16.9. The summed E-state index contributed by atoms with van der Waals surface area (Å²) in [4.78, 5) is 0. The Hall–Kier alpha value is -9.62. The second-order valence-electron chi connectivity index (χ2n) is 25.3. The van der Waals surface area contributed by atoms with Crippen molar-refractivity contribution in [2.45, 2.75) is 77.6 Å². The van der Waals surface area contributed by atoms with Crippen LogP contribution in [0, 0.1) is 5.41 Å². The molecule has 0 saturated carbocycles. The molecule has 0 aromatic heterocycles. The van der Waals surface area contributed by atoms with Gasteiger partial charge in [0.2, 0.25) is 0 Å². The van der Waals surface area contributed by atoms with Crippen molar-refractivity contribution in [3.63, 3.8) is 0 Å². The van der Waals surface area contributed by atoms with Gasteiger partial charge in [-0.15, -0.1) is 0 Å². The van der Waals surface area contributed by atoms with Gasteiger partial charge in [0.15, 0.2) is 0 Å². The zero-order valence-corrected chi connectivity index (χ0v) is 50.8. The summed E-state index contributed by atoms with van der Waals surface area (Å²) in [6.07, 6.45) is 2.67. The van der Waals surface area contributed by atoms with Crippen LogP contribution in [0.4, 0.5) is 0 Å². The number of rotatable bonds is 11. The van der Waals surface area contributed by atoms with Crippen molar-refractivity contribution in [1.82, 2.24) is 0 Å². The van der Waals surface area contributed by atoms with E-state index in [4.69, 9.17) is 0 Å². The summed E-state index contributed by atoms with van der Waals surface area (Å²) in [6.45, 7) is 15.6. The summed E-state index contributed by atoms with van der Waals surface area (Å²) in [5.41, 5.74) is 20.4. The molecule has 0 radical (unpaired) electrons. The first kappa shape index (κ1) is 54.1. The molecule has 15 rings (SSSR count). The summed E-state index contributed by atoms with van der Waals surface area (Å²) in [7, 11) is 0. The number of aryl methyl sites for hydroxylation is 1. The van der Waals surface area contributed by atoms with Crippen LogP contribution in [-0.2, 0) is 23.7 Å².